The van der Waals surface area contributed by atoms with Crippen LogP contribution in [0.5, 0.6) is 0 Å². The molecule has 1 unspecified atom stereocenters. The average Bonchev–Trinajstić information content (AvgIpc) is 2.82. The maximum absolute atomic E-state index is 13.5. The van der Waals surface area contributed by atoms with Gasteiger partial charge in [0.2, 0.25) is 0 Å². The first-order valence-electron chi connectivity index (χ1n) is 5.27. The van der Waals surface area contributed by atoms with Crippen LogP contribution in [0.15, 0.2) is 47.1 Å². The van der Waals surface area contributed by atoms with Gasteiger partial charge in [-0.25, -0.2) is 4.39 Å². The van der Waals surface area contributed by atoms with Crippen molar-refractivity contribution in [2.24, 2.45) is 0 Å². The van der Waals surface area contributed by atoms with Crippen molar-refractivity contribution in [2.75, 3.05) is 0 Å². The fourth-order valence-electron chi connectivity index (χ4n) is 1.58. The first kappa shape index (κ1) is 11.4. The molecule has 1 heterocycles. The van der Waals surface area contributed by atoms with Crippen LogP contribution in [0, 0.1) is 5.82 Å². The molecule has 1 aromatic carbocycles. The van der Waals surface area contributed by atoms with E-state index in [1.54, 1.807) is 37.3 Å². The Hall–Kier alpha value is -2.10. The van der Waals surface area contributed by atoms with Crippen LogP contribution in [0.25, 0.3) is 0 Å². The lowest BCUT2D eigenvalue weighted by Crippen LogP contribution is -2.26. The van der Waals surface area contributed by atoms with E-state index in [-0.39, 0.29) is 17.5 Å². The largest absolute Gasteiger partial charge is 0.459 e. The summed E-state index contributed by atoms with van der Waals surface area (Å²) in [7, 11) is 0. The number of nitrogens with one attached hydrogen (secondary N) is 1. The van der Waals surface area contributed by atoms with E-state index < -0.39 is 6.04 Å². The molecule has 0 aliphatic carbocycles. The molecule has 4 heteroatoms. The summed E-state index contributed by atoms with van der Waals surface area (Å²) in [6.45, 7) is 1.72. The first-order chi connectivity index (χ1) is 8.18. The topological polar surface area (TPSA) is 42.2 Å². The van der Waals surface area contributed by atoms with Gasteiger partial charge in [0.05, 0.1) is 12.3 Å². The van der Waals surface area contributed by atoms with Crippen molar-refractivity contribution in [1.82, 2.24) is 5.32 Å². The number of benzene rings is 1. The highest BCUT2D eigenvalue weighted by Gasteiger charge is 2.15. The zero-order chi connectivity index (χ0) is 12.3. The number of rotatable bonds is 3. The molecule has 0 radical (unpaired) electrons. The number of hydrogen-bond donors (Lipinski definition) is 1. The molecule has 2 aromatic rings. The third-order valence-electron chi connectivity index (χ3n) is 2.46. The third-order valence-corrected chi connectivity index (χ3v) is 2.46. The van der Waals surface area contributed by atoms with Crippen LogP contribution < -0.4 is 5.32 Å². The third kappa shape index (κ3) is 2.53. The van der Waals surface area contributed by atoms with Crippen molar-refractivity contribution in [3.05, 3.63) is 59.8 Å². The molecule has 88 valence electrons. The summed E-state index contributed by atoms with van der Waals surface area (Å²) in [5.41, 5.74) is 0.451. The van der Waals surface area contributed by atoms with Gasteiger partial charge in [-0.3, -0.25) is 4.79 Å². The summed E-state index contributed by atoms with van der Waals surface area (Å²) in [5.74, 6) is -0.473. The average molecular weight is 233 g/mol. The Morgan fingerprint density at radius 3 is 2.71 bits per heavy atom. The minimum atomic E-state index is -0.409. The summed E-state index contributed by atoms with van der Waals surface area (Å²) in [6.07, 6.45) is 1.42. The summed E-state index contributed by atoms with van der Waals surface area (Å²) in [5, 5.41) is 2.67. The molecular weight excluding hydrogens is 221 g/mol. The number of hydrogen-bond acceptors (Lipinski definition) is 2. The minimum Gasteiger partial charge on any atom is -0.459 e. The van der Waals surface area contributed by atoms with Gasteiger partial charge < -0.3 is 9.73 Å². The molecule has 3 nitrogen and oxygen atoms in total. The van der Waals surface area contributed by atoms with Gasteiger partial charge in [-0.2, -0.15) is 0 Å². The van der Waals surface area contributed by atoms with E-state index in [9.17, 15) is 9.18 Å². The lowest BCUT2D eigenvalue weighted by molar-refractivity contribution is 0.0911. The molecule has 0 saturated heterocycles. The highest BCUT2D eigenvalue weighted by atomic mass is 19.1. The summed E-state index contributed by atoms with van der Waals surface area (Å²) < 4.78 is 18.4. The maximum Gasteiger partial charge on any atom is 0.287 e. The number of furan rings is 1. The predicted octanol–water partition coefficient (Wildman–Crippen LogP) is 2.91. The van der Waals surface area contributed by atoms with Crippen LogP contribution in [-0.2, 0) is 0 Å². The van der Waals surface area contributed by atoms with E-state index in [1.807, 2.05) is 0 Å². The molecule has 0 fully saturated rings. The maximum atomic E-state index is 13.5. The van der Waals surface area contributed by atoms with E-state index in [2.05, 4.69) is 5.32 Å². The lowest BCUT2D eigenvalue weighted by atomic mass is 10.1. The second-order valence-corrected chi connectivity index (χ2v) is 3.69. The highest BCUT2D eigenvalue weighted by Crippen LogP contribution is 2.16. The molecular formula is C13H12FNO2. The smallest absolute Gasteiger partial charge is 0.287 e. The monoisotopic (exact) mass is 233 g/mol. The Labute approximate surface area is 98.3 Å². The SMILES string of the molecule is CC(NC(=O)c1ccco1)c1ccccc1F. The molecule has 0 aliphatic rings. The second kappa shape index (κ2) is 4.82. The van der Waals surface area contributed by atoms with Gasteiger partial charge in [0, 0.05) is 5.56 Å². The van der Waals surface area contributed by atoms with Crippen molar-refractivity contribution in [1.29, 1.82) is 0 Å². The van der Waals surface area contributed by atoms with Crippen molar-refractivity contribution >= 4 is 5.91 Å². The molecule has 17 heavy (non-hydrogen) atoms. The van der Waals surface area contributed by atoms with Gasteiger partial charge in [0.25, 0.3) is 5.91 Å². The summed E-state index contributed by atoms with van der Waals surface area (Å²) in [4.78, 5) is 11.7. The number of halogens is 1. The summed E-state index contributed by atoms with van der Waals surface area (Å²) in [6, 6.07) is 9.13. The number of carbonyl (C=O) groups excluding carboxylic acids is 1. The van der Waals surface area contributed by atoms with Crippen LogP contribution in [0.2, 0.25) is 0 Å². The van der Waals surface area contributed by atoms with Crippen LogP contribution >= 0.6 is 0 Å². The van der Waals surface area contributed by atoms with Crippen molar-refractivity contribution in [2.45, 2.75) is 13.0 Å². The van der Waals surface area contributed by atoms with E-state index in [0.29, 0.717) is 5.56 Å². The van der Waals surface area contributed by atoms with E-state index >= 15 is 0 Å². The standard InChI is InChI=1S/C13H12FNO2/c1-9(10-5-2-3-6-11(10)14)15-13(16)12-7-4-8-17-12/h2-9H,1H3,(H,15,16). The first-order valence-corrected chi connectivity index (χ1v) is 5.27. The van der Waals surface area contributed by atoms with E-state index in [0.717, 1.165) is 0 Å². The van der Waals surface area contributed by atoms with Crippen LogP contribution in [0.3, 0.4) is 0 Å². The van der Waals surface area contributed by atoms with E-state index in [1.165, 1.54) is 12.3 Å². The van der Waals surface area contributed by atoms with Crippen molar-refractivity contribution < 1.29 is 13.6 Å². The molecule has 1 amide bonds. The zero-order valence-electron chi connectivity index (χ0n) is 9.31. The van der Waals surface area contributed by atoms with Crippen LogP contribution in [0.4, 0.5) is 4.39 Å². The minimum absolute atomic E-state index is 0.216. The predicted molar refractivity (Wildman–Crippen MR) is 61.0 cm³/mol. The van der Waals surface area contributed by atoms with Gasteiger partial charge >= 0.3 is 0 Å². The number of carbonyl (C=O) groups is 1. The van der Waals surface area contributed by atoms with Gasteiger partial charge in [-0.05, 0) is 25.1 Å². The molecule has 1 atom stereocenters. The van der Waals surface area contributed by atoms with Gasteiger partial charge in [-0.15, -0.1) is 0 Å². The summed E-state index contributed by atoms with van der Waals surface area (Å²) >= 11 is 0. The van der Waals surface area contributed by atoms with Gasteiger partial charge in [0.1, 0.15) is 5.82 Å². The van der Waals surface area contributed by atoms with Crippen LogP contribution in [0.1, 0.15) is 29.1 Å². The van der Waals surface area contributed by atoms with Crippen LogP contribution in [-0.4, -0.2) is 5.91 Å². The molecule has 1 N–H and O–H groups in total. The normalized spacial score (nSPS) is 12.1. The fraction of sp³-hybridized carbons (Fsp3) is 0.154. The highest BCUT2D eigenvalue weighted by molar-refractivity contribution is 5.91. The Bertz CT molecular complexity index is 508. The lowest BCUT2D eigenvalue weighted by Gasteiger charge is -2.13. The Morgan fingerprint density at radius 2 is 2.06 bits per heavy atom. The molecule has 0 bridgehead atoms. The van der Waals surface area contributed by atoms with Gasteiger partial charge in [-0.1, -0.05) is 18.2 Å². The fourth-order valence-corrected chi connectivity index (χ4v) is 1.58. The molecule has 0 spiro atoms. The quantitative estimate of drug-likeness (QED) is 0.885. The Balaban J connectivity index is 2.10. The molecule has 0 saturated carbocycles. The molecule has 1 aromatic heterocycles. The van der Waals surface area contributed by atoms with Crippen molar-refractivity contribution in [3.63, 3.8) is 0 Å². The Kier molecular flexibility index (Phi) is 3.23. The number of amides is 1. The molecule has 0 aliphatic heterocycles. The van der Waals surface area contributed by atoms with Crippen molar-refractivity contribution in [3.8, 4) is 0 Å². The zero-order valence-corrected chi connectivity index (χ0v) is 9.31. The molecule has 2 rings (SSSR count). The Morgan fingerprint density at radius 1 is 1.29 bits per heavy atom. The van der Waals surface area contributed by atoms with E-state index in [4.69, 9.17) is 4.42 Å². The second-order valence-electron chi connectivity index (χ2n) is 3.69. The van der Waals surface area contributed by atoms with Gasteiger partial charge in [0.15, 0.2) is 5.76 Å².